The Bertz CT molecular complexity index is 652. The third-order valence-electron chi connectivity index (χ3n) is 4.43. The summed E-state index contributed by atoms with van der Waals surface area (Å²) in [5, 5.41) is 4.14. The standard InChI is InChI=1S/C15H17N3O2/c1-8-3-2-4-10(13(8)16)15-17-14(18-20-15)11-7-9-5-6-12(11)19-9/h2-4,9,11-12H,5-7,16H2,1H3. The molecule has 5 nitrogen and oxygen atoms in total. The molecule has 3 heterocycles. The molecular weight excluding hydrogens is 254 g/mol. The van der Waals surface area contributed by atoms with Crippen LogP contribution < -0.4 is 5.73 Å². The highest BCUT2D eigenvalue weighted by Crippen LogP contribution is 2.43. The van der Waals surface area contributed by atoms with Crippen molar-refractivity contribution >= 4 is 5.69 Å². The zero-order valence-corrected chi connectivity index (χ0v) is 11.4. The van der Waals surface area contributed by atoms with E-state index >= 15 is 0 Å². The number of benzene rings is 1. The van der Waals surface area contributed by atoms with Gasteiger partial charge >= 0.3 is 0 Å². The maximum Gasteiger partial charge on any atom is 0.260 e. The van der Waals surface area contributed by atoms with E-state index in [9.17, 15) is 0 Å². The van der Waals surface area contributed by atoms with E-state index in [2.05, 4.69) is 10.1 Å². The Balaban J connectivity index is 1.67. The molecule has 2 N–H and O–H groups in total. The predicted molar refractivity (Wildman–Crippen MR) is 74.1 cm³/mol. The Morgan fingerprint density at radius 3 is 2.95 bits per heavy atom. The quantitative estimate of drug-likeness (QED) is 0.850. The van der Waals surface area contributed by atoms with Crippen molar-refractivity contribution in [1.82, 2.24) is 10.1 Å². The number of rotatable bonds is 2. The average Bonchev–Trinajstić information content (AvgIpc) is 3.16. The maximum atomic E-state index is 6.09. The number of nitrogens with zero attached hydrogens (tertiary/aromatic N) is 2. The molecule has 3 atom stereocenters. The second-order valence-corrected chi connectivity index (χ2v) is 5.71. The van der Waals surface area contributed by atoms with Gasteiger partial charge in [0.05, 0.1) is 23.7 Å². The van der Waals surface area contributed by atoms with Crippen LogP contribution in [0.15, 0.2) is 22.7 Å². The maximum absolute atomic E-state index is 6.09. The van der Waals surface area contributed by atoms with Gasteiger partial charge in [0.1, 0.15) is 0 Å². The highest BCUT2D eigenvalue weighted by atomic mass is 16.5. The second-order valence-electron chi connectivity index (χ2n) is 5.71. The summed E-state index contributed by atoms with van der Waals surface area (Å²) in [6, 6.07) is 5.84. The highest BCUT2D eigenvalue weighted by molar-refractivity contribution is 5.73. The van der Waals surface area contributed by atoms with E-state index in [1.54, 1.807) is 0 Å². The van der Waals surface area contributed by atoms with E-state index in [4.69, 9.17) is 15.0 Å². The minimum atomic E-state index is 0.264. The molecule has 0 amide bonds. The van der Waals surface area contributed by atoms with Crippen LogP contribution in [-0.4, -0.2) is 22.3 Å². The Kier molecular flexibility index (Phi) is 2.57. The minimum Gasteiger partial charge on any atom is -0.398 e. The van der Waals surface area contributed by atoms with Crippen molar-refractivity contribution in [3.63, 3.8) is 0 Å². The molecule has 20 heavy (non-hydrogen) atoms. The number of nitrogens with two attached hydrogens (primary N) is 1. The topological polar surface area (TPSA) is 74.2 Å². The lowest BCUT2D eigenvalue weighted by Gasteiger charge is -2.13. The highest BCUT2D eigenvalue weighted by Gasteiger charge is 2.43. The fourth-order valence-corrected chi connectivity index (χ4v) is 3.27. The van der Waals surface area contributed by atoms with Gasteiger partial charge in [0.2, 0.25) is 0 Å². The third kappa shape index (κ3) is 1.73. The molecular formula is C15H17N3O2. The molecule has 3 unspecified atom stereocenters. The molecule has 4 rings (SSSR count). The molecule has 2 aliphatic heterocycles. The van der Waals surface area contributed by atoms with Crippen molar-refractivity contribution in [2.75, 3.05) is 5.73 Å². The molecule has 2 aliphatic rings. The number of ether oxygens (including phenoxy) is 1. The largest absolute Gasteiger partial charge is 0.398 e. The van der Waals surface area contributed by atoms with Gasteiger partial charge in [-0.1, -0.05) is 17.3 Å². The number of nitrogen functional groups attached to an aromatic ring is 1. The molecule has 2 bridgehead atoms. The minimum absolute atomic E-state index is 0.264. The molecule has 0 spiro atoms. The Morgan fingerprint density at radius 2 is 2.20 bits per heavy atom. The van der Waals surface area contributed by atoms with Gasteiger partial charge in [-0.05, 0) is 37.8 Å². The number of aromatic nitrogens is 2. The van der Waals surface area contributed by atoms with E-state index in [0.29, 0.717) is 17.7 Å². The first-order valence-corrected chi connectivity index (χ1v) is 7.07. The van der Waals surface area contributed by atoms with Gasteiger partial charge in [-0.25, -0.2) is 0 Å². The normalized spacial score (nSPS) is 28.1. The van der Waals surface area contributed by atoms with Crippen LogP contribution in [0.5, 0.6) is 0 Å². The van der Waals surface area contributed by atoms with Crippen LogP contribution in [0.2, 0.25) is 0 Å². The summed E-state index contributed by atoms with van der Waals surface area (Å²) >= 11 is 0. The number of aryl methyl sites for hydroxylation is 1. The predicted octanol–water partition coefficient (Wildman–Crippen LogP) is 2.66. The first-order valence-electron chi connectivity index (χ1n) is 7.07. The van der Waals surface area contributed by atoms with Crippen LogP contribution in [-0.2, 0) is 4.74 Å². The smallest absolute Gasteiger partial charge is 0.260 e. The number of hydrogen-bond donors (Lipinski definition) is 1. The molecule has 2 fully saturated rings. The zero-order valence-electron chi connectivity index (χ0n) is 11.4. The number of fused-ring (bicyclic) bond motifs is 2. The summed E-state index contributed by atoms with van der Waals surface area (Å²) in [6.07, 6.45) is 3.92. The fraction of sp³-hybridized carbons (Fsp3) is 0.467. The fourth-order valence-electron chi connectivity index (χ4n) is 3.27. The van der Waals surface area contributed by atoms with E-state index in [0.717, 1.165) is 36.2 Å². The third-order valence-corrected chi connectivity index (χ3v) is 4.43. The van der Waals surface area contributed by atoms with Gasteiger partial charge in [0, 0.05) is 5.69 Å². The Morgan fingerprint density at radius 1 is 1.30 bits per heavy atom. The summed E-state index contributed by atoms with van der Waals surface area (Å²) in [7, 11) is 0. The molecule has 0 saturated carbocycles. The van der Waals surface area contributed by atoms with Crippen LogP contribution in [0.4, 0.5) is 5.69 Å². The lowest BCUT2D eigenvalue weighted by Crippen LogP contribution is -2.15. The number of hydrogen-bond acceptors (Lipinski definition) is 5. The molecule has 2 saturated heterocycles. The molecule has 2 aromatic rings. The SMILES string of the molecule is Cc1cccc(-c2nc(C3CC4CCC3O4)no2)c1N. The summed E-state index contributed by atoms with van der Waals surface area (Å²) in [5.74, 6) is 1.54. The summed E-state index contributed by atoms with van der Waals surface area (Å²) in [4.78, 5) is 4.55. The van der Waals surface area contributed by atoms with Crippen LogP contribution in [0.3, 0.4) is 0 Å². The summed E-state index contributed by atoms with van der Waals surface area (Å²) in [6.45, 7) is 1.97. The Labute approximate surface area is 117 Å². The molecule has 0 radical (unpaired) electrons. The molecule has 1 aromatic heterocycles. The average molecular weight is 271 g/mol. The molecule has 5 heteroatoms. The second kappa shape index (κ2) is 4.31. The van der Waals surface area contributed by atoms with E-state index in [1.807, 2.05) is 25.1 Å². The van der Waals surface area contributed by atoms with Gasteiger partial charge in [0.15, 0.2) is 5.82 Å². The first kappa shape index (κ1) is 11.9. The lowest BCUT2D eigenvalue weighted by molar-refractivity contribution is 0.0996. The van der Waals surface area contributed by atoms with Crippen molar-refractivity contribution in [2.24, 2.45) is 0 Å². The van der Waals surface area contributed by atoms with Gasteiger partial charge < -0.3 is 15.0 Å². The first-order chi connectivity index (χ1) is 9.72. The van der Waals surface area contributed by atoms with Gasteiger partial charge in [-0.2, -0.15) is 4.98 Å². The van der Waals surface area contributed by atoms with Crippen molar-refractivity contribution in [2.45, 2.75) is 44.3 Å². The Hall–Kier alpha value is -1.88. The van der Waals surface area contributed by atoms with Crippen LogP contribution in [0, 0.1) is 6.92 Å². The van der Waals surface area contributed by atoms with E-state index in [1.165, 1.54) is 0 Å². The number of para-hydroxylation sites is 1. The van der Waals surface area contributed by atoms with E-state index in [-0.39, 0.29) is 12.0 Å². The van der Waals surface area contributed by atoms with Crippen molar-refractivity contribution in [3.8, 4) is 11.5 Å². The van der Waals surface area contributed by atoms with Crippen molar-refractivity contribution in [3.05, 3.63) is 29.6 Å². The van der Waals surface area contributed by atoms with Gasteiger partial charge in [-0.15, -0.1) is 0 Å². The van der Waals surface area contributed by atoms with Crippen molar-refractivity contribution < 1.29 is 9.26 Å². The monoisotopic (exact) mass is 271 g/mol. The summed E-state index contributed by atoms with van der Waals surface area (Å²) < 4.78 is 11.3. The van der Waals surface area contributed by atoms with Crippen molar-refractivity contribution in [1.29, 1.82) is 0 Å². The van der Waals surface area contributed by atoms with Gasteiger partial charge in [0.25, 0.3) is 5.89 Å². The van der Waals surface area contributed by atoms with Crippen LogP contribution >= 0.6 is 0 Å². The molecule has 104 valence electrons. The molecule has 0 aliphatic carbocycles. The lowest BCUT2D eigenvalue weighted by atomic mass is 9.89. The van der Waals surface area contributed by atoms with Crippen LogP contribution in [0.25, 0.3) is 11.5 Å². The molecule has 1 aromatic carbocycles. The van der Waals surface area contributed by atoms with Gasteiger partial charge in [-0.3, -0.25) is 0 Å². The van der Waals surface area contributed by atoms with Crippen LogP contribution in [0.1, 0.15) is 36.6 Å². The number of anilines is 1. The zero-order chi connectivity index (χ0) is 13.7. The summed E-state index contributed by atoms with van der Waals surface area (Å²) in [5.41, 5.74) is 8.62. The van der Waals surface area contributed by atoms with E-state index < -0.39 is 0 Å².